The summed E-state index contributed by atoms with van der Waals surface area (Å²) in [5.74, 6) is -0.171. The van der Waals surface area contributed by atoms with Gasteiger partial charge in [0.2, 0.25) is 4.93 Å². The first-order valence-corrected chi connectivity index (χ1v) is 14.5. The Kier molecular flexibility index (Phi) is 11.6. The van der Waals surface area contributed by atoms with Gasteiger partial charge in [0.25, 0.3) is 0 Å². The zero-order chi connectivity index (χ0) is 28.9. The number of hydrogen-bond acceptors (Lipinski definition) is 8. The highest BCUT2D eigenvalue weighted by atomic mass is 32.2. The number of azide groups is 1. The van der Waals surface area contributed by atoms with Crippen LogP contribution >= 0.6 is 11.8 Å². The van der Waals surface area contributed by atoms with Gasteiger partial charge < -0.3 is 23.7 Å². The summed E-state index contributed by atoms with van der Waals surface area (Å²) < 4.78 is 30.8. The van der Waals surface area contributed by atoms with Crippen LogP contribution < -0.4 is 0 Å². The molecule has 10 heteroatoms. The number of thioether (sulfide) groups is 1. The van der Waals surface area contributed by atoms with E-state index in [1.165, 1.54) is 18.9 Å². The standard InChI is InChI=1S/C31H35N3O6S/c1-3-41-31(30(35)36-2)29(33-34-32)28(39-21-25-17-11-6-12-18-25)27(38-20-24-15-9-5-10-16-24)26(40-31)22-37-19-23-13-7-4-8-14-23/h4-18,26-29H,3,19-22H2,1-2H3/t26-,27-,28+,29+,31+/m1/s1. The van der Waals surface area contributed by atoms with E-state index in [1.807, 2.05) is 97.9 Å². The molecule has 0 unspecified atom stereocenters. The molecule has 4 rings (SSSR count). The molecule has 3 aromatic carbocycles. The lowest BCUT2D eigenvalue weighted by Gasteiger charge is -2.49. The second kappa shape index (κ2) is 15.6. The van der Waals surface area contributed by atoms with Crippen LogP contribution in [0, 0.1) is 0 Å². The number of esters is 1. The van der Waals surface area contributed by atoms with Gasteiger partial charge in [0.05, 0.1) is 39.6 Å². The van der Waals surface area contributed by atoms with Crippen LogP contribution in [0.1, 0.15) is 23.6 Å². The highest BCUT2D eigenvalue weighted by molar-refractivity contribution is 8.01. The Morgan fingerprint density at radius 1 is 0.878 bits per heavy atom. The van der Waals surface area contributed by atoms with Crippen molar-refractivity contribution in [3.05, 3.63) is 118 Å². The summed E-state index contributed by atoms with van der Waals surface area (Å²) in [6.45, 7) is 2.80. The lowest BCUT2D eigenvalue weighted by molar-refractivity contribution is -0.241. The van der Waals surface area contributed by atoms with E-state index in [1.54, 1.807) is 0 Å². The van der Waals surface area contributed by atoms with E-state index < -0.39 is 35.3 Å². The van der Waals surface area contributed by atoms with Crippen molar-refractivity contribution in [1.82, 2.24) is 0 Å². The zero-order valence-electron chi connectivity index (χ0n) is 23.2. The number of benzene rings is 3. The molecule has 216 valence electrons. The number of methoxy groups -OCH3 is 1. The minimum Gasteiger partial charge on any atom is -0.466 e. The molecule has 0 aliphatic carbocycles. The zero-order valence-corrected chi connectivity index (χ0v) is 24.0. The van der Waals surface area contributed by atoms with Crippen molar-refractivity contribution in [2.75, 3.05) is 19.5 Å². The number of carbonyl (C=O) groups excluding carboxylic acids is 1. The van der Waals surface area contributed by atoms with E-state index in [0.717, 1.165) is 16.7 Å². The van der Waals surface area contributed by atoms with Crippen molar-refractivity contribution in [2.24, 2.45) is 5.11 Å². The minimum absolute atomic E-state index is 0.103. The van der Waals surface area contributed by atoms with Crippen molar-refractivity contribution in [3.63, 3.8) is 0 Å². The average Bonchev–Trinajstić information content (AvgIpc) is 3.02. The Bertz CT molecular complexity index is 1260. The van der Waals surface area contributed by atoms with E-state index in [0.29, 0.717) is 12.4 Å². The van der Waals surface area contributed by atoms with Gasteiger partial charge in [-0.1, -0.05) is 103 Å². The Morgan fingerprint density at radius 3 is 1.88 bits per heavy atom. The molecule has 0 N–H and O–H groups in total. The molecular weight excluding hydrogens is 542 g/mol. The topological polar surface area (TPSA) is 112 Å². The Morgan fingerprint density at radius 2 is 1.39 bits per heavy atom. The van der Waals surface area contributed by atoms with E-state index in [4.69, 9.17) is 23.7 Å². The largest absolute Gasteiger partial charge is 0.466 e. The van der Waals surface area contributed by atoms with Gasteiger partial charge in [0, 0.05) is 4.91 Å². The second-order valence-corrected chi connectivity index (χ2v) is 10.9. The third-order valence-corrected chi connectivity index (χ3v) is 7.91. The molecular formula is C31H35N3O6S. The molecule has 5 atom stereocenters. The fourth-order valence-corrected chi connectivity index (χ4v) is 5.96. The lowest BCUT2D eigenvalue weighted by atomic mass is 9.92. The van der Waals surface area contributed by atoms with Crippen LogP contribution in [-0.2, 0) is 48.3 Å². The molecule has 0 spiro atoms. The quantitative estimate of drug-likeness (QED) is 0.0989. The summed E-state index contributed by atoms with van der Waals surface area (Å²) in [5.41, 5.74) is 12.5. The number of ether oxygens (including phenoxy) is 5. The van der Waals surface area contributed by atoms with Crippen molar-refractivity contribution in [2.45, 2.75) is 56.0 Å². The molecule has 41 heavy (non-hydrogen) atoms. The number of rotatable bonds is 14. The monoisotopic (exact) mass is 577 g/mol. The number of carbonyl (C=O) groups is 1. The normalized spacial score (nSPS) is 23.9. The molecule has 1 aliphatic rings. The highest BCUT2D eigenvalue weighted by Gasteiger charge is 2.60. The maximum atomic E-state index is 13.4. The van der Waals surface area contributed by atoms with Gasteiger partial charge in [-0.25, -0.2) is 4.79 Å². The Labute approximate surface area is 244 Å². The Balaban J connectivity index is 1.70. The van der Waals surface area contributed by atoms with Crippen LogP contribution in [0.3, 0.4) is 0 Å². The van der Waals surface area contributed by atoms with Crippen molar-refractivity contribution < 1.29 is 28.5 Å². The summed E-state index contributed by atoms with van der Waals surface area (Å²) in [6.07, 6.45) is -2.33. The second-order valence-electron chi connectivity index (χ2n) is 9.42. The maximum absolute atomic E-state index is 13.4. The minimum atomic E-state index is -1.66. The molecule has 1 heterocycles. The predicted octanol–water partition coefficient (Wildman–Crippen LogP) is 6.07. The molecule has 9 nitrogen and oxygen atoms in total. The van der Waals surface area contributed by atoms with E-state index in [9.17, 15) is 10.3 Å². The van der Waals surface area contributed by atoms with Crippen molar-refractivity contribution in [1.29, 1.82) is 0 Å². The molecule has 0 radical (unpaired) electrons. The first-order valence-electron chi connectivity index (χ1n) is 13.5. The van der Waals surface area contributed by atoms with Crippen molar-refractivity contribution >= 4 is 17.7 Å². The first kappa shape index (κ1) is 30.6. The molecule has 0 saturated carbocycles. The third-order valence-electron chi connectivity index (χ3n) is 6.69. The van der Waals surface area contributed by atoms with Crippen LogP contribution in [0.15, 0.2) is 96.1 Å². The van der Waals surface area contributed by atoms with Gasteiger partial charge in [-0.3, -0.25) is 0 Å². The number of nitrogens with zero attached hydrogens (tertiary/aromatic N) is 3. The third kappa shape index (κ3) is 7.89. The van der Waals surface area contributed by atoms with E-state index in [-0.39, 0.29) is 19.8 Å². The summed E-state index contributed by atoms with van der Waals surface area (Å²) in [7, 11) is 1.29. The van der Waals surface area contributed by atoms with Gasteiger partial charge in [0.15, 0.2) is 0 Å². The average molecular weight is 578 g/mol. The first-order chi connectivity index (χ1) is 20.1. The smallest absolute Gasteiger partial charge is 0.349 e. The molecule has 1 aliphatic heterocycles. The molecule has 1 saturated heterocycles. The summed E-state index contributed by atoms with van der Waals surface area (Å²) in [5, 5.41) is 4.07. The summed E-state index contributed by atoms with van der Waals surface area (Å²) >= 11 is 1.20. The predicted molar refractivity (Wildman–Crippen MR) is 157 cm³/mol. The van der Waals surface area contributed by atoms with Crippen LogP contribution in [0.2, 0.25) is 0 Å². The Hall–Kier alpha value is -3.37. The van der Waals surface area contributed by atoms with E-state index in [2.05, 4.69) is 10.0 Å². The van der Waals surface area contributed by atoms with Gasteiger partial charge in [-0.05, 0) is 28.0 Å². The van der Waals surface area contributed by atoms with Crippen LogP contribution in [0.4, 0.5) is 0 Å². The maximum Gasteiger partial charge on any atom is 0.349 e. The molecule has 0 bridgehead atoms. The SMILES string of the molecule is CCS[C@@]1(C(=O)OC)O[C@H](COCc2ccccc2)[C@@H](OCc2ccccc2)[C@H](OCc2ccccc2)[C@@H]1N=[N+]=[N-]. The van der Waals surface area contributed by atoms with Gasteiger partial charge in [-0.2, -0.15) is 0 Å². The highest BCUT2D eigenvalue weighted by Crippen LogP contribution is 2.44. The fourth-order valence-electron chi connectivity index (χ4n) is 4.79. The summed E-state index contributed by atoms with van der Waals surface area (Å²) in [4.78, 5) is 14.9. The van der Waals surface area contributed by atoms with E-state index >= 15 is 0 Å². The van der Waals surface area contributed by atoms with Crippen LogP contribution in [-0.4, -0.2) is 54.7 Å². The fraction of sp³-hybridized carbons (Fsp3) is 0.387. The molecule has 0 amide bonds. The van der Waals surface area contributed by atoms with Gasteiger partial charge in [0.1, 0.15) is 18.2 Å². The molecule has 3 aromatic rings. The van der Waals surface area contributed by atoms with Gasteiger partial charge in [-0.15, -0.1) is 11.8 Å². The molecule has 0 aromatic heterocycles. The van der Waals surface area contributed by atoms with Crippen molar-refractivity contribution in [3.8, 4) is 0 Å². The van der Waals surface area contributed by atoms with Crippen LogP contribution in [0.25, 0.3) is 10.4 Å². The van der Waals surface area contributed by atoms with Gasteiger partial charge >= 0.3 is 5.97 Å². The number of hydrogen-bond donors (Lipinski definition) is 0. The summed E-state index contributed by atoms with van der Waals surface area (Å²) in [6, 6.07) is 28.1. The lowest BCUT2D eigenvalue weighted by Crippen LogP contribution is -2.67. The van der Waals surface area contributed by atoms with Crippen LogP contribution in [0.5, 0.6) is 0 Å². The molecule has 1 fully saturated rings.